The van der Waals surface area contributed by atoms with Crippen LogP contribution in [0.25, 0.3) is 0 Å². The van der Waals surface area contributed by atoms with E-state index in [0.29, 0.717) is 12.5 Å². The Morgan fingerprint density at radius 1 is 1.30 bits per heavy atom. The molecule has 2 unspecified atom stereocenters. The van der Waals surface area contributed by atoms with Crippen molar-refractivity contribution in [3.8, 4) is 0 Å². The van der Waals surface area contributed by atoms with Gasteiger partial charge < -0.3 is 15.2 Å². The molecule has 0 aromatic heterocycles. The number of rotatable bonds is 8. The smallest absolute Gasteiger partial charge is 0.246 e. The summed E-state index contributed by atoms with van der Waals surface area (Å²) in [4.78, 5) is 11.9. The maximum absolute atomic E-state index is 11.9. The summed E-state index contributed by atoms with van der Waals surface area (Å²) < 4.78 is 5.75. The molecule has 20 heavy (non-hydrogen) atoms. The second-order valence-corrected chi connectivity index (χ2v) is 6.25. The van der Waals surface area contributed by atoms with Crippen LogP contribution in [0, 0.1) is 11.3 Å². The number of nitrogens with one attached hydrogen (secondary N) is 1. The average Bonchev–Trinajstić information content (AvgIpc) is 2.48. The van der Waals surface area contributed by atoms with Crippen LogP contribution in [0.5, 0.6) is 0 Å². The van der Waals surface area contributed by atoms with Crippen molar-refractivity contribution in [2.45, 2.75) is 65.4 Å². The van der Waals surface area contributed by atoms with E-state index in [1.54, 1.807) is 0 Å². The molecule has 0 heterocycles. The van der Waals surface area contributed by atoms with E-state index < -0.39 is 0 Å². The third-order valence-corrected chi connectivity index (χ3v) is 4.96. The molecule has 1 saturated carbocycles. The van der Waals surface area contributed by atoms with Crippen molar-refractivity contribution >= 4 is 5.91 Å². The minimum atomic E-state index is -0.187. The largest absolute Gasteiger partial charge is 0.396 e. The van der Waals surface area contributed by atoms with E-state index in [1.807, 2.05) is 13.8 Å². The van der Waals surface area contributed by atoms with Crippen LogP contribution < -0.4 is 5.32 Å². The molecule has 0 aromatic carbocycles. The SMILES string of the molecule is CCC(CC)(CO)CNC(=O)COC1CCCCC1C. The maximum atomic E-state index is 11.9. The number of aliphatic hydroxyl groups excluding tert-OH is 1. The molecule has 0 spiro atoms. The summed E-state index contributed by atoms with van der Waals surface area (Å²) in [6.45, 7) is 7.08. The van der Waals surface area contributed by atoms with Crippen molar-refractivity contribution in [1.82, 2.24) is 5.32 Å². The van der Waals surface area contributed by atoms with Crippen LogP contribution in [0.3, 0.4) is 0 Å². The quantitative estimate of drug-likeness (QED) is 0.720. The predicted octanol–water partition coefficient (Wildman–Crippen LogP) is 2.50. The van der Waals surface area contributed by atoms with E-state index in [1.165, 1.54) is 19.3 Å². The minimum absolute atomic E-state index is 0.0671. The third-order valence-electron chi connectivity index (χ3n) is 4.96. The van der Waals surface area contributed by atoms with Crippen molar-refractivity contribution < 1.29 is 14.6 Å². The zero-order chi connectivity index (χ0) is 15.0. The van der Waals surface area contributed by atoms with Gasteiger partial charge in [-0.2, -0.15) is 0 Å². The molecule has 0 radical (unpaired) electrons. The van der Waals surface area contributed by atoms with Gasteiger partial charge in [0.05, 0.1) is 12.7 Å². The lowest BCUT2D eigenvalue weighted by molar-refractivity contribution is -0.130. The van der Waals surface area contributed by atoms with Crippen molar-refractivity contribution in [2.75, 3.05) is 19.8 Å². The molecular weight excluding hydrogens is 254 g/mol. The summed E-state index contributed by atoms with van der Waals surface area (Å²) in [5.41, 5.74) is -0.187. The maximum Gasteiger partial charge on any atom is 0.246 e. The summed E-state index contributed by atoms with van der Waals surface area (Å²) >= 11 is 0. The van der Waals surface area contributed by atoms with Gasteiger partial charge in [-0.3, -0.25) is 4.79 Å². The summed E-state index contributed by atoms with van der Waals surface area (Å²) in [6, 6.07) is 0. The van der Waals surface area contributed by atoms with Gasteiger partial charge >= 0.3 is 0 Å². The second kappa shape index (κ2) is 8.63. The highest BCUT2D eigenvalue weighted by Gasteiger charge is 2.26. The predicted molar refractivity (Wildman–Crippen MR) is 80.5 cm³/mol. The monoisotopic (exact) mass is 285 g/mol. The molecule has 1 fully saturated rings. The zero-order valence-electron chi connectivity index (χ0n) is 13.3. The molecule has 0 bridgehead atoms. The van der Waals surface area contributed by atoms with Gasteiger partial charge in [0.25, 0.3) is 0 Å². The Kier molecular flexibility index (Phi) is 7.52. The number of hydrogen-bond donors (Lipinski definition) is 2. The molecule has 1 rings (SSSR count). The number of hydrogen-bond acceptors (Lipinski definition) is 3. The molecule has 0 aliphatic heterocycles. The molecule has 4 nitrogen and oxygen atoms in total. The molecule has 0 aromatic rings. The van der Waals surface area contributed by atoms with Crippen molar-refractivity contribution in [2.24, 2.45) is 11.3 Å². The topological polar surface area (TPSA) is 58.6 Å². The van der Waals surface area contributed by atoms with E-state index in [2.05, 4.69) is 12.2 Å². The van der Waals surface area contributed by atoms with E-state index in [9.17, 15) is 9.90 Å². The molecule has 1 aliphatic carbocycles. The molecule has 1 aliphatic rings. The highest BCUT2D eigenvalue weighted by molar-refractivity contribution is 5.77. The van der Waals surface area contributed by atoms with Crippen LogP contribution >= 0.6 is 0 Å². The van der Waals surface area contributed by atoms with Gasteiger partial charge in [-0.15, -0.1) is 0 Å². The fourth-order valence-electron chi connectivity index (χ4n) is 2.83. The van der Waals surface area contributed by atoms with Gasteiger partial charge in [0.2, 0.25) is 5.91 Å². The lowest BCUT2D eigenvalue weighted by atomic mass is 9.83. The Morgan fingerprint density at radius 2 is 1.95 bits per heavy atom. The van der Waals surface area contributed by atoms with Crippen LogP contribution in [-0.4, -0.2) is 36.9 Å². The van der Waals surface area contributed by atoms with Gasteiger partial charge in [0, 0.05) is 12.0 Å². The Labute approximate surface area is 123 Å². The number of carbonyl (C=O) groups excluding carboxylic acids is 1. The fourth-order valence-corrected chi connectivity index (χ4v) is 2.83. The van der Waals surface area contributed by atoms with E-state index >= 15 is 0 Å². The third kappa shape index (κ3) is 5.06. The first-order valence-corrected chi connectivity index (χ1v) is 8.06. The first kappa shape index (κ1) is 17.4. The van der Waals surface area contributed by atoms with E-state index in [4.69, 9.17) is 4.74 Å². The first-order chi connectivity index (χ1) is 9.56. The van der Waals surface area contributed by atoms with Gasteiger partial charge in [-0.1, -0.05) is 33.6 Å². The van der Waals surface area contributed by atoms with Gasteiger partial charge in [0.15, 0.2) is 0 Å². The first-order valence-electron chi connectivity index (χ1n) is 8.06. The van der Waals surface area contributed by atoms with Crippen molar-refractivity contribution in [3.05, 3.63) is 0 Å². The Morgan fingerprint density at radius 3 is 2.50 bits per heavy atom. The lowest BCUT2D eigenvalue weighted by Gasteiger charge is -2.30. The van der Waals surface area contributed by atoms with E-state index in [0.717, 1.165) is 19.3 Å². The highest BCUT2D eigenvalue weighted by atomic mass is 16.5. The normalized spacial score (nSPS) is 23.6. The fraction of sp³-hybridized carbons (Fsp3) is 0.938. The molecular formula is C16H31NO3. The van der Waals surface area contributed by atoms with Crippen molar-refractivity contribution in [3.63, 3.8) is 0 Å². The summed E-state index contributed by atoms with van der Waals surface area (Å²) in [7, 11) is 0. The van der Waals surface area contributed by atoms with Gasteiger partial charge in [0.1, 0.15) is 6.61 Å². The summed E-state index contributed by atoms with van der Waals surface area (Å²) in [5.74, 6) is 0.488. The molecule has 118 valence electrons. The molecule has 0 saturated heterocycles. The Bertz CT molecular complexity index is 281. The summed E-state index contributed by atoms with van der Waals surface area (Å²) in [5, 5.41) is 12.4. The van der Waals surface area contributed by atoms with E-state index in [-0.39, 0.29) is 30.6 Å². The zero-order valence-corrected chi connectivity index (χ0v) is 13.3. The standard InChI is InChI=1S/C16H31NO3/c1-4-16(5-2,12-18)11-17-15(19)10-20-14-9-7-6-8-13(14)3/h13-14,18H,4-12H2,1-3H3,(H,17,19). The van der Waals surface area contributed by atoms with Gasteiger partial charge in [-0.25, -0.2) is 0 Å². The number of carbonyl (C=O) groups is 1. The molecule has 1 amide bonds. The highest BCUT2D eigenvalue weighted by Crippen LogP contribution is 2.26. The minimum Gasteiger partial charge on any atom is -0.396 e. The van der Waals surface area contributed by atoms with Crippen LogP contribution in [0.15, 0.2) is 0 Å². The lowest BCUT2D eigenvalue weighted by Crippen LogP contribution is -2.41. The second-order valence-electron chi connectivity index (χ2n) is 6.25. The van der Waals surface area contributed by atoms with Crippen molar-refractivity contribution in [1.29, 1.82) is 0 Å². The van der Waals surface area contributed by atoms with Crippen LogP contribution in [0.4, 0.5) is 0 Å². The molecule has 2 atom stereocenters. The number of aliphatic hydroxyl groups is 1. The Hall–Kier alpha value is -0.610. The van der Waals surface area contributed by atoms with Crippen LogP contribution in [0.2, 0.25) is 0 Å². The average molecular weight is 285 g/mol. The van der Waals surface area contributed by atoms with Crippen LogP contribution in [-0.2, 0) is 9.53 Å². The Balaban J connectivity index is 2.29. The summed E-state index contributed by atoms with van der Waals surface area (Å²) in [6.07, 6.45) is 6.70. The molecule has 4 heteroatoms. The molecule has 2 N–H and O–H groups in total. The van der Waals surface area contributed by atoms with Gasteiger partial charge in [-0.05, 0) is 31.6 Å². The van der Waals surface area contributed by atoms with Crippen LogP contribution in [0.1, 0.15) is 59.3 Å². The number of ether oxygens (including phenoxy) is 1. The number of amides is 1.